The van der Waals surface area contributed by atoms with Crippen LogP contribution in [0.2, 0.25) is 0 Å². The summed E-state index contributed by atoms with van der Waals surface area (Å²) in [5, 5.41) is 13.6. The highest BCUT2D eigenvalue weighted by atomic mass is 32.2. The Morgan fingerprint density at radius 2 is 2.29 bits per heavy atom. The van der Waals surface area contributed by atoms with E-state index < -0.39 is 23.6 Å². The number of urea groups is 1. The van der Waals surface area contributed by atoms with Gasteiger partial charge in [-0.25, -0.2) is 23.9 Å². The molecule has 2 unspecified atom stereocenters. The third kappa shape index (κ3) is 2.02. The van der Waals surface area contributed by atoms with Crippen molar-refractivity contribution >= 4 is 41.4 Å². The molecule has 0 radical (unpaired) electrons. The molecule has 0 aliphatic carbocycles. The van der Waals surface area contributed by atoms with E-state index in [0.29, 0.717) is 0 Å². The number of imide groups is 1. The van der Waals surface area contributed by atoms with E-state index in [4.69, 9.17) is 0 Å². The minimum Gasteiger partial charge on any atom is -0.478 e. The number of hydrogen-bond donors (Lipinski definition) is 3. The van der Waals surface area contributed by atoms with Crippen LogP contribution in [0, 0.1) is 0 Å². The molecule has 0 saturated carbocycles. The number of amides is 3. The molecule has 3 amide bonds. The molecule has 0 bridgehead atoms. The fraction of sp³-hybridized carbons (Fsp3) is 0.545. The topological polar surface area (TPSA) is 123 Å². The molecular weight excluding hydrogens is 298 g/mol. The van der Waals surface area contributed by atoms with Gasteiger partial charge in [0, 0.05) is 6.54 Å². The second-order valence-corrected chi connectivity index (χ2v) is 5.67. The molecule has 9 nitrogen and oxygen atoms in total. The maximum absolute atomic E-state index is 11.8. The molecule has 112 valence electrons. The summed E-state index contributed by atoms with van der Waals surface area (Å²) >= 11 is 1.52. The van der Waals surface area contributed by atoms with Crippen LogP contribution in [0.25, 0.3) is 0 Å². The Hall–Kier alpha value is -1.94. The van der Waals surface area contributed by atoms with Crippen LogP contribution in [-0.2, 0) is 9.59 Å². The number of amidine groups is 1. The molecule has 0 aromatic heterocycles. The zero-order valence-corrected chi connectivity index (χ0v) is 11.9. The van der Waals surface area contributed by atoms with Crippen LogP contribution in [0.15, 0.2) is 9.98 Å². The fourth-order valence-corrected chi connectivity index (χ4v) is 3.44. The van der Waals surface area contributed by atoms with Crippen molar-refractivity contribution in [3.8, 4) is 0 Å². The van der Waals surface area contributed by atoms with Crippen LogP contribution in [0.1, 0.15) is 12.8 Å². The van der Waals surface area contributed by atoms with Crippen molar-refractivity contribution in [1.82, 2.24) is 14.9 Å². The van der Waals surface area contributed by atoms with Gasteiger partial charge in [-0.15, -0.1) is 0 Å². The monoisotopic (exact) mass is 311 g/mol. The number of hydrogen-bond acceptors (Lipinski definition) is 7. The van der Waals surface area contributed by atoms with Crippen LogP contribution in [0.3, 0.4) is 0 Å². The van der Waals surface area contributed by atoms with Crippen LogP contribution >= 0.6 is 11.9 Å². The van der Waals surface area contributed by atoms with Crippen molar-refractivity contribution in [2.45, 2.75) is 24.5 Å². The summed E-state index contributed by atoms with van der Waals surface area (Å²) in [4.78, 5) is 43.0. The number of nitrogens with zero attached hydrogens (tertiary/aromatic N) is 3. The highest BCUT2D eigenvalue weighted by Gasteiger charge is 2.56. The van der Waals surface area contributed by atoms with Crippen molar-refractivity contribution in [1.29, 1.82) is 0 Å². The summed E-state index contributed by atoms with van der Waals surface area (Å²) < 4.78 is 2.04. The minimum absolute atomic E-state index is 0.154. The maximum atomic E-state index is 11.8. The van der Waals surface area contributed by atoms with Gasteiger partial charge in [0.2, 0.25) is 0 Å². The molecule has 2 atom stereocenters. The van der Waals surface area contributed by atoms with Gasteiger partial charge in [0.05, 0.1) is 6.04 Å². The Balaban J connectivity index is 2.03. The molecular formula is C11H13N5O4S. The average Bonchev–Trinajstić information content (AvgIpc) is 3.01. The summed E-state index contributed by atoms with van der Waals surface area (Å²) in [7, 11) is 0. The fourth-order valence-electron chi connectivity index (χ4n) is 2.67. The summed E-state index contributed by atoms with van der Waals surface area (Å²) in [5.74, 6) is -1.97. The van der Waals surface area contributed by atoms with Gasteiger partial charge in [-0.05, 0) is 19.1 Å². The van der Waals surface area contributed by atoms with Crippen LogP contribution in [0.4, 0.5) is 4.79 Å². The number of aliphatic carboxylic acids is 1. The molecule has 3 rings (SSSR count). The molecule has 0 aromatic carbocycles. The molecule has 2 fully saturated rings. The Morgan fingerprint density at radius 1 is 1.52 bits per heavy atom. The molecule has 3 heterocycles. The average molecular weight is 311 g/mol. The molecule has 3 N–H and O–H groups in total. The lowest BCUT2D eigenvalue weighted by molar-refractivity contribution is -0.142. The largest absolute Gasteiger partial charge is 0.478 e. The van der Waals surface area contributed by atoms with Gasteiger partial charge in [-0.2, -0.15) is 0 Å². The summed E-state index contributed by atoms with van der Waals surface area (Å²) in [6.45, 7) is 0.842. The highest BCUT2D eigenvalue weighted by Crippen LogP contribution is 2.30. The van der Waals surface area contributed by atoms with E-state index in [2.05, 4.69) is 15.3 Å². The zero-order valence-electron chi connectivity index (χ0n) is 11.1. The maximum Gasteiger partial charge on any atom is 0.359 e. The second-order valence-electron chi connectivity index (χ2n) is 4.84. The molecule has 3 aliphatic rings. The second kappa shape index (κ2) is 4.81. The van der Waals surface area contributed by atoms with Gasteiger partial charge < -0.3 is 5.11 Å². The quantitative estimate of drug-likeness (QED) is 0.586. The van der Waals surface area contributed by atoms with Crippen molar-refractivity contribution in [2.75, 3.05) is 12.8 Å². The van der Waals surface area contributed by atoms with Crippen molar-refractivity contribution < 1.29 is 19.5 Å². The molecule has 0 aromatic rings. The van der Waals surface area contributed by atoms with E-state index in [1.54, 1.807) is 0 Å². The normalized spacial score (nSPS) is 32.1. The Labute approximate surface area is 124 Å². The first-order valence-corrected chi connectivity index (χ1v) is 7.52. The van der Waals surface area contributed by atoms with E-state index in [1.165, 1.54) is 11.9 Å². The molecule has 2 saturated heterocycles. The lowest BCUT2D eigenvalue weighted by atomic mass is 10.0. The number of carbonyl (C=O) groups excluding carboxylic acids is 2. The Bertz CT molecular complexity index is 603. The predicted molar refractivity (Wildman–Crippen MR) is 75.2 cm³/mol. The van der Waals surface area contributed by atoms with E-state index in [0.717, 1.165) is 19.4 Å². The molecule has 10 heteroatoms. The number of carboxylic acid groups (broad SMARTS) is 1. The van der Waals surface area contributed by atoms with Gasteiger partial charge in [-0.3, -0.25) is 15.4 Å². The summed E-state index contributed by atoms with van der Waals surface area (Å²) in [6, 6.07) is -1.04. The molecule has 21 heavy (non-hydrogen) atoms. The SMILES string of the molecule is CSN1CCCC1C1=NC2(C(=O)O)NC(=O)NC(=O)C2=N1. The van der Waals surface area contributed by atoms with E-state index >= 15 is 0 Å². The smallest absolute Gasteiger partial charge is 0.359 e. The third-order valence-corrected chi connectivity index (χ3v) is 4.54. The molecule has 3 aliphatic heterocycles. The Morgan fingerprint density at radius 3 is 2.95 bits per heavy atom. The zero-order chi connectivity index (χ0) is 15.2. The van der Waals surface area contributed by atoms with Gasteiger partial charge in [0.1, 0.15) is 5.84 Å². The first-order valence-electron chi connectivity index (χ1n) is 6.34. The van der Waals surface area contributed by atoms with Crippen LogP contribution in [0.5, 0.6) is 0 Å². The number of aliphatic imine (C=N–C) groups is 2. The summed E-state index contributed by atoms with van der Waals surface area (Å²) in [5.41, 5.74) is -2.39. The van der Waals surface area contributed by atoms with Gasteiger partial charge in [0.15, 0.2) is 5.71 Å². The third-order valence-electron chi connectivity index (χ3n) is 3.63. The van der Waals surface area contributed by atoms with E-state index in [-0.39, 0.29) is 17.6 Å². The number of nitrogens with one attached hydrogen (secondary N) is 2. The first kappa shape index (κ1) is 14.0. The predicted octanol–water partition coefficient (Wildman–Crippen LogP) is -0.798. The van der Waals surface area contributed by atoms with E-state index in [1.807, 2.05) is 15.9 Å². The summed E-state index contributed by atoms with van der Waals surface area (Å²) in [6.07, 6.45) is 3.63. The first-order chi connectivity index (χ1) is 9.98. The van der Waals surface area contributed by atoms with Crippen LogP contribution in [-0.4, -0.2) is 63.4 Å². The minimum atomic E-state index is -2.10. The van der Waals surface area contributed by atoms with Crippen molar-refractivity contribution in [3.63, 3.8) is 0 Å². The number of rotatable bonds is 3. The van der Waals surface area contributed by atoms with Gasteiger partial charge in [0.25, 0.3) is 11.6 Å². The lowest BCUT2D eigenvalue weighted by Gasteiger charge is -2.27. The lowest BCUT2D eigenvalue weighted by Crippen LogP contribution is -2.68. The van der Waals surface area contributed by atoms with Crippen LogP contribution < -0.4 is 10.6 Å². The van der Waals surface area contributed by atoms with Crippen molar-refractivity contribution in [3.05, 3.63) is 0 Å². The number of carboxylic acids is 1. The van der Waals surface area contributed by atoms with Gasteiger partial charge in [-0.1, -0.05) is 11.9 Å². The number of fused-ring (bicyclic) bond motifs is 1. The highest BCUT2D eigenvalue weighted by molar-refractivity contribution is 7.96. The standard InChI is InChI=1S/C11H13N5O4S/c1-21-16-4-2-3-5(16)7-12-6-8(17)13-10(20)15-11(6,14-7)9(18)19/h5H,2-4H2,1H3,(H,18,19)(H2,13,15,17,20). The number of carbonyl (C=O) groups is 3. The van der Waals surface area contributed by atoms with Gasteiger partial charge >= 0.3 is 12.0 Å². The van der Waals surface area contributed by atoms with Crippen molar-refractivity contribution in [2.24, 2.45) is 9.98 Å². The van der Waals surface area contributed by atoms with E-state index in [9.17, 15) is 19.5 Å². The molecule has 0 spiro atoms. The Kier molecular flexibility index (Phi) is 3.21.